The SMILES string of the molecule is CN(CCCCCO)CC(=O)c1cccc([N+](=O)[O-])c1. The number of nitro benzene ring substituents is 1. The zero-order chi connectivity index (χ0) is 15.0. The van der Waals surface area contributed by atoms with Gasteiger partial charge in [-0.1, -0.05) is 12.1 Å². The summed E-state index contributed by atoms with van der Waals surface area (Å²) in [6.07, 6.45) is 2.61. The number of benzene rings is 1. The van der Waals surface area contributed by atoms with Crippen LogP contribution in [0.15, 0.2) is 24.3 Å². The highest BCUT2D eigenvalue weighted by Crippen LogP contribution is 2.13. The van der Waals surface area contributed by atoms with Crippen LogP contribution in [-0.4, -0.2) is 47.5 Å². The molecule has 1 N–H and O–H groups in total. The zero-order valence-electron chi connectivity index (χ0n) is 11.6. The van der Waals surface area contributed by atoms with E-state index in [1.807, 2.05) is 11.9 Å². The third-order valence-corrected chi connectivity index (χ3v) is 2.99. The second-order valence-electron chi connectivity index (χ2n) is 4.75. The van der Waals surface area contributed by atoms with Gasteiger partial charge in [0.1, 0.15) is 0 Å². The van der Waals surface area contributed by atoms with Crippen LogP contribution in [0.3, 0.4) is 0 Å². The molecule has 0 amide bonds. The second kappa shape index (κ2) is 8.39. The lowest BCUT2D eigenvalue weighted by atomic mass is 10.1. The summed E-state index contributed by atoms with van der Waals surface area (Å²) < 4.78 is 0. The Morgan fingerprint density at radius 2 is 2.10 bits per heavy atom. The number of ketones is 1. The van der Waals surface area contributed by atoms with Crippen LogP contribution in [0.1, 0.15) is 29.6 Å². The Hall–Kier alpha value is -1.79. The Bertz CT molecular complexity index is 462. The number of rotatable bonds is 9. The highest BCUT2D eigenvalue weighted by molar-refractivity contribution is 5.98. The molecule has 0 saturated heterocycles. The predicted molar refractivity (Wildman–Crippen MR) is 75.9 cm³/mol. The first-order valence-corrected chi connectivity index (χ1v) is 6.61. The number of hydrogen-bond donors (Lipinski definition) is 1. The van der Waals surface area contributed by atoms with Gasteiger partial charge in [0.05, 0.1) is 11.5 Å². The maximum absolute atomic E-state index is 12.0. The van der Waals surface area contributed by atoms with Crippen LogP contribution in [-0.2, 0) is 0 Å². The Balaban J connectivity index is 2.49. The maximum Gasteiger partial charge on any atom is 0.270 e. The number of unbranched alkanes of at least 4 members (excludes halogenated alkanes) is 2. The molecule has 0 aliphatic rings. The minimum absolute atomic E-state index is 0.0681. The minimum atomic E-state index is -0.505. The number of nitrogens with zero attached hydrogens (tertiary/aromatic N) is 2. The molecule has 0 heterocycles. The average Bonchev–Trinajstić information content (AvgIpc) is 2.43. The van der Waals surface area contributed by atoms with Crippen LogP contribution in [0.4, 0.5) is 5.69 Å². The molecule has 0 bridgehead atoms. The normalized spacial score (nSPS) is 10.8. The molecule has 0 spiro atoms. The number of carbonyl (C=O) groups excluding carboxylic acids is 1. The molecule has 0 aliphatic heterocycles. The number of hydrogen-bond acceptors (Lipinski definition) is 5. The van der Waals surface area contributed by atoms with Crippen molar-refractivity contribution in [3.05, 3.63) is 39.9 Å². The number of nitro groups is 1. The number of carbonyl (C=O) groups is 1. The van der Waals surface area contributed by atoms with Crippen LogP contribution in [0.2, 0.25) is 0 Å². The topological polar surface area (TPSA) is 83.7 Å². The number of Topliss-reactive ketones (excluding diaryl/α,β-unsaturated/α-hetero) is 1. The Labute approximate surface area is 118 Å². The molecule has 0 radical (unpaired) electrons. The predicted octanol–water partition coefficient (Wildman–Crippen LogP) is 1.87. The molecule has 0 fully saturated rings. The molecule has 0 aliphatic carbocycles. The molecule has 6 nitrogen and oxygen atoms in total. The average molecular weight is 280 g/mol. The van der Waals surface area contributed by atoms with Gasteiger partial charge in [-0.2, -0.15) is 0 Å². The summed E-state index contributed by atoms with van der Waals surface area (Å²) in [4.78, 5) is 24.1. The fraction of sp³-hybridized carbons (Fsp3) is 0.500. The van der Waals surface area contributed by atoms with Crippen LogP contribution >= 0.6 is 0 Å². The van der Waals surface area contributed by atoms with Crippen molar-refractivity contribution < 1.29 is 14.8 Å². The lowest BCUT2D eigenvalue weighted by Crippen LogP contribution is -2.27. The first-order valence-electron chi connectivity index (χ1n) is 6.61. The van der Waals surface area contributed by atoms with Crippen molar-refractivity contribution in [3.63, 3.8) is 0 Å². The molecule has 20 heavy (non-hydrogen) atoms. The number of non-ortho nitro benzene ring substituents is 1. The Morgan fingerprint density at radius 3 is 2.75 bits per heavy atom. The van der Waals surface area contributed by atoms with E-state index >= 15 is 0 Å². The molecule has 0 unspecified atom stereocenters. The summed E-state index contributed by atoms with van der Waals surface area (Å²) in [5.74, 6) is -0.127. The van der Waals surface area contributed by atoms with Crippen LogP contribution < -0.4 is 0 Å². The van der Waals surface area contributed by atoms with Crippen LogP contribution in [0.25, 0.3) is 0 Å². The molecule has 1 aromatic carbocycles. The van der Waals surface area contributed by atoms with Gasteiger partial charge < -0.3 is 5.11 Å². The largest absolute Gasteiger partial charge is 0.396 e. The van der Waals surface area contributed by atoms with Crippen molar-refractivity contribution in [3.8, 4) is 0 Å². The lowest BCUT2D eigenvalue weighted by molar-refractivity contribution is -0.384. The van der Waals surface area contributed by atoms with Gasteiger partial charge in [-0.05, 0) is 32.9 Å². The third-order valence-electron chi connectivity index (χ3n) is 2.99. The van der Waals surface area contributed by atoms with E-state index in [0.29, 0.717) is 5.56 Å². The molecular formula is C14H20N2O4. The highest BCUT2D eigenvalue weighted by atomic mass is 16.6. The molecule has 0 saturated carbocycles. The lowest BCUT2D eigenvalue weighted by Gasteiger charge is -2.15. The van der Waals surface area contributed by atoms with Crippen molar-refractivity contribution in [2.24, 2.45) is 0 Å². The van der Waals surface area contributed by atoms with Crippen molar-refractivity contribution in [1.82, 2.24) is 4.90 Å². The van der Waals surface area contributed by atoms with E-state index in [4.69, 9.17) is 5.11 Å². The molecule has 0 aromatic heterocycles. The van der Waals surface area contributed by atoms with Crippen molar-refractivity contribution in [2.45, 2.75) is 19.3 Å². The summed E-state index contributed by atoms with van der Waals surface area (Å²) in [5.41, 5.74) is 0.294. The van der Waals surface area contributed by atoms with Gasteiger partial charge in [0, 0.05) is 24.3 Å². The number of aliphatic hydroxyl groups excluding tert-OH is 1. The summed E-state index contributed by atoms with van der Waals surface area (Å²) >= 11 is 0. The first-order chi connectivity index (χ1) is 9.54. The third kappa shape index (κ3) is 5.46. The maximum atomic E-state index is 12.0. The van der Waals surface area contributed by atoms with Gasteiger partial charge in [0.25, 0.3) is 5.69 Å². The summed E-state index contributed by atoms with van der Waals surface area (Å²) in [5, 5.41) is 19.3. The first kappa shape index (κ1) is 16.3. The summed E-state index contributed by atoms with van der Waals surface area (Å²) in [6, 6.07) is 5.79. The number of aliphatic hydroxyl groups is 1. The highest BCUT2D eigenvalue weighted by Gasteiger charge is 2.13. The van der Waals surface area contributed by atoms with Crippen molar-refractivity contribution in [1.29, 1.82) is 0 Å². The molecule has 110 valence electrons. The monoisotopic (exact) mass is 280 g/mol. The smallest absolute Gasteiger partial charge is 0.270 e. The van der Waals surface area contributed by atoms with Crippen LogP contribution in [0.5, 0.6) is 0 Å². The van der Waals surface area contributed by atoms with Gasteiger partial charge in [-0.15, -0.1) is 0 Å². The Kier molecular flexibility index (Phi) is 6.83. The number of likely N-dealkylation sites (N-methyl/N-ethyl adjacent to an activating group) is 1. The van der Waals surface area contributed by atoms with E-state index in [1.54, 1.807) is 6.07 Å². The fourth-order valence-corrected chi connectivity index (χ4v) is 1.88. The van der Waals surface area contributed by atoms with E-state index in [2.05, 4.69) is 0 Å². The van der Waals surface area contributed by atoms with Crippen molar-refractivity contribution >= 4 is 11.5 Å². The van der Waals surface area contributed by atoms with Crippen LogP contribution in [0, 0.1) is 10.1 Å². The summed E-state index contributed by atoms with van der Waals surface area (Å²) in [6.45, 7) is 1.19. The van der Waals surface area contributed by atoms with E-state index in [1.165, 1.54) is 18.2 Å². The zero-order valence-corrected chi connectivity index (χ0v) is 11.6. The molecule has 6 heteroatoms. The molecule has 1 rings (SSSR count). The van der Waals surface area contributed by atoms with Gasteiger partial charge in [-0.3, -0.25) is 19.8 Å². The Morgan fingerprint density at radius 1 is 1.35 bits per heavy atom. The minimum Gasteiger partial charge on any atom is -0.396 e. The van der Waals surface area contributed by atoms with Gasteiger partial charge >= 0.3 is 0 Å². The molecule has 1 aromatic rings. The van der Waals surface area contributed by atoms with E-state index in [0.717, 1.165) is 25.8 Å². The van der Waals surface area contributed by atoms with Gasteiger partial charge in [-0.25, -0.2) is 0 Å². The van der Waals surface area contributed by atoms with Gasteiger partial charge in [0.15, 0.2) is 5.78 Å². The van der Waals surface area contributed by atoms with E-state index in [9.17, 15) is 14.9 Å². The standard InChI is InChI=1S/C14H20N2O4/c1-15(8-3-2-4-9-17)11-14(18)12-6-5-7-13(10-12)16(19)20/h5-7,10,17H,2-4,8-9,11H2,1H3. The molecule has 0 atom stereocenters. The quantitative estimate of drug-likeness (QED) is 0.323. The molecular weight excluding hydrogens is 260 g/mol. The van der Waals surface area contributed by atoms with E-state index < -0.39 is 4.92 Å². The van der Waals surface area contributed by atoms with E-state index in [-0.39, 0.29) is 24.6 Å². The fourth-order valence-electron chi connectivity index (χ4n) is 1.88. The second-order valence-corrected chi connectivity index (χ2v) is 4.75. The summed E-state index contributed by atoms with van der Waals surface area (Å²) in [7, 11) is 1.84. The van der Waals surface area contributed by atoms with Crippen molar-refractivity contribution in [2.75, 3.05) is 26.7 Å². The van der Waals surface area contributed by atoms with Gasteiger partial charge in [0.2, 0.25) is 0 Å².